The molecule has 1 aliphatic rings. The van der Waals surface area contributed by atoms with Crippen LogP contribution in [0.3, 0.4) is 0 Å². The predicted molar refractivity (Wildman–Crippen MR) is 60.3 cm³/mol. The van der Waals surface area contributed by atoms with E-state index in [2.05, 4.69) is 10.1 Å². The van der Waals surface area contributed by atoms with Crippen LogP contribution in [-0.4, -0.2) is 40.6 Å². The summed E-state index contributed by atoms with van der Waals surface area (Å²) in [5, 5.41) is 14.2. The van der Waals surface area contributed by atoms with Gasteiger partial charge in [-0.1, -0.05) is 0 Å². The molecule has 0 radical (unpaired) electrons. The van der Waals surface area contributed by atoms with Gasteiger partial charge in [0.1, 0.15) is 0 Å². The molecule has 0 unspecified atom stereocenters. The number of rotatable bonds is 1. The van der Waals surface area contributed by atoms with E-state index in [4.69, 9.17) is 0 Å². The van der Waals surface area contributed by atoms with Crippen LogP contribution in [0, 0.1) is 0 Å². The van der Waals surface area contributed by atoms with E-state index in [0.717, 1.165) is 0 Å². The fourth-order valence-electron chi connectivity index (χ4n) is 2.60. The Morgan fingerprint density at radius 3 is 2.12 bits per heavy atom. The number of piperidine rings is 1. The fraction of sp³-hybridized carbons (Fsp3) is 0.909. The first kappa shape index (κ1) is 13.3. The minimum absolute atomic E-state index is 0.0286. The van der Waals surface area contributed by atoms with Gasteiger partial charge in [-0.3, -0.25) is 0 Å². The second-order valence-corrected chi connectivity index (χ2v) is 5.68. The van der Waals surface area contributed by atoms with Crippen molar-refractivity contribution >= 4 is 6.09 Å². The van der Waals surface area contributed by atoms with E-state index in [1.165, 1.54) is 12.2 Å². The maximum Gasteiger partial charge on any atom is 0.407 e. The molecule has 1 fully saturated rings. The topological polar surface area (TPSA) is 61.8 Å². The smallest absolute Gasteiger partial charge is 0.407 e. The van der Waals surface area contributed by atoms with E-state index in [0.29, 0.717) is 12.8 Å². The average molecular weight is 230 g/mol. The summed E-state index contributed by atoms with van der Waals surface area (Å²) < 4.78 is 4.59. The summed E-state index contributed by atoms with van der Waals surface area (Å²) in [6, 6.07) is 0.0286. The molecule has 0 aromatic rings. The summed E-state index contributed by atoms with van der Waals surface area (Å²) in [5.41, 5.74) is -0.707. The lowest BCUT2D eigenvalue weighted by molar-refractivity contribution is -0.245. The normalized spacial score (nSPS) is 25.1. The molecule has 1 amide bonds. The van der Waals surface area contributed by atoms with Crippen molar-refractivity contribution < 1.29 is 14.7 Å². The molecule has 0 aliphatic carbocycles. The maximum atomic E-state index is 11.2. The highest BCUT2D eigenvalue weighted by molar-refractivity contribution is 5.67. The molecule has 16 heavy (non-hydrogen) atoms. The van der Waals surface area contributed by atoms with Gasteiger partial charge >= 0.3 is 6.09 Å². The predicted octanol–water partition coefficient (Wildman–Crippen LogP) is 1.75. The van der Waals surface area contributed by atoms with Gasteiger partial charge in [-0.15, -0.1) is 0 Å². The van der Waals surface area contributed by atoms with Crippen molar-refractivity contribution in [2.24, 2.45) is 0 Å². The van der Waals surface area contributed by atoms with Gasteiger partial charge in [-0.25, -0.2) is 4.79 Å². The first-order valence-corrected chi connectivity index (χ1v) is 5.53. The second-order valence-electron chi connectivity index (χ2n) is 5.68. The van der Waals surface area contributed by atoms with Crippen molar-refractivity contribution in [3.63, 3.8) is 0 Å². The van der Waals surface area contributed by atoms with Gasteiger partial charge in [-0.2, -0.15) is 5.06 Å². The highest BCUT2D eigenvalue weighted by Crippen LogP contribution is 2.36. The zero-order valence-electron chi connectivity index (χ0n) is 10.7. The molecule has 94 valence electrons. The van der Waals surface area contributed by atoms with E-state index in [1.54, 1.807) is 0 Å². The largest absolute Gasteiger partial charge is 0.453 e. The summed E-state index contributed by atoms with van der Waals surface area (Å²) in [5.74, 6) is 0. The number of hydrogen-bond donors (Lipinski definition) is 2. The van der Waals surface area contributed by atoms with Crippen LogP contribution >= 0.6 is 0 Å². The molecule has 1 aliphatic heterocycles. The number of carbonyl (C=O) groups excluding carboxylic acids is 1. The molecule has 0 saturated carbocycles. The Morgan fingerprint density at radius 2 is 1.75 bits per heavy atom. The lowest BCUT2D eigenvalue weighted by Gasteiger charge is -2.51. The fourth-order valence-corrected chi connectivity index (χ4v) is 2.60. The number of alkyl carbamates (subject to hydrolysis) is 1. The number of methoxy groups -OCH3 is 1. The number of hydroxylamine groups is 2. The van der Waals surface area contributed by atoms with Crippen molar-refractivity contribution in [3.8, 4) is 0 Å². The Hall–Kier alpha value is -0.810. The minimum atomic E-state index is -0.414. The molecular weight excluding hydrogens is 208 g/mol. The third kappa shape index (κ3) is 2.65. The number of ether oxygens (including phenoxy) is 1. The third-order valence-electron chi connectivity index (χ3n) is 3.15. The van der Waals surface area contributed by atoms with Crippen LogP contribution in [0.25, 0.3) is 0 Å². The van der Waals surface area contributed by atoms with Crippen molar-refractivity contribution in [2.75, 3.05) is 7.11 Å². The molecule has 0 aromatic carbocycles. The van der Waals surface area contributed by atoms with Gasteiger partial charge in [0.05, 0.1) is 7.11 Å². The van der Waals surface area contributed by atoms with Gasteiger partial charge in [-0.05, 0) is 40.5 Å². The molecule has 0 aromatic heterocycles. The van der Waals surface area contributed by atoms with E-state index in [9.17, 15) is 10.0 Å². The summed E-state index contributed by atoms with van der Waals surface area (Å²) in [7, 11) is 1.35. The van der Waals surface area contributed by atoms with Crippen molar-refractivity contribution in [3.05, 3.63) is 0 Å². The van der Waals surface area contributed by atoms with E-state index >= 15 is 0 Å². The summed E-state index contributed by atoms with van der Waals surface area (Å²) in [6.07, 6.45) is 0.979. The van der Waals surface area contributed by atoms with Gasteiger partial charge in [0.25, 0.3) is 0 Å². The monoisotopic (exact) mass is 230 g/mol. The SMILES string of the molecule is COC(=O)NC1CC(C)(C)N(O)C(C)(C)C1. The van der Waals surface area contributed by atoms with Gasteiger partial charge in [0, 0.05) is 17.1 Å². The Balaban J connectivity index is 2.75. The van der Waals surface area contributed by atoms with Crippen LogP contribution in [0.1, 0.15) is 40.5 Å². The van der Waals surface area contributed by atoms with Crippen molar-refractivity contribution in [1.82, 2.24) is 10.4 Å². The van der Waals surface area contributed by atoms with E-state index in [-0.39, 0.29) is 17.1 Å². The summed E-state index contributed by atoms with van der Waals surface area (Å²) in [4.78, 5) is 11.2. The molecule has 0 spiro atoms. The number of carbonyl (C=O) groups is 1. The van der Waals surface area contributed by atoms with Crippen LogP contribution in [0.15, 0.2) is 0 Å². The van der Waals surface area contributed by atoms with Gasteiger partial charge < -0.3 is 15.3 Å². The van der Waals surface area contributed by atoms with E-state index in [1.807, 2.05) is 27.7 Å². The zero-order chi connectivity index (χ0) is 12.6. The molecule has 1 heterocycles. The second kappa shape index (κ2) is 4.22. The van der Waals surface area contributed by atoms with Crippen LogP contribution in [0.4, 0.5) is 4.79 Å². The highest BCUT2D eigenvalue weighted by Gasteiger charge is 2.45. The Morgan fingerprint density at radius 1 is 1.31 bits per heavy atom. The number of nitrogens with one attached hydrogen (secondary N) is 1. The van der Waals surface area contributed by atoms with Gasteiger partial charge in [0.2, 0.25) is 0 Å². The number of hydrogen-bond acceptors (Lipinski definition) is 4. The lowest BCUT2D eigenvalue weighted by atomic mass is 9.79. The molecule has 1 rings (SSSR count). The van der Waals surface area contributed by atoms with Gasteiger partial charge in [0.15, 0.2) is 0 Å². The summed E-state index contributed by atoms with van der Waals surface area (Å²) >= 11 is 0. The molecule has 0 atom stereocenters. The van der Waals surface area contributed by atoms with Crippen molar-refractivity contribution in [1.29, 1.82) is 0 Å². The molecule has 5 nitrogen and oxygen atoms in total. The molecular formula is C11H22N2O3. The van der Waals surface area contributed by atoms with Crippen LogP contribution in [0.2, 0.25) is 0 Å². The zero-order valence-corrected chi connectivity index (χ0v) is 10.7. The lowest BCUT2D eigenvalue weighted by Crippen LogP contribution is -2.62. The molecule has 2 N–H and O–H groups in total. The van der Waals surface area contributed by atoms with Crippen LogP contribution < -0.4 is 5.32 Å². The van der Waals surface area contributed by atoms with E-state index < -0.39 is 6.09 Å². The standard InChI is InChI=1S/C11H22N2O3/c1-10(2)6-8(12-9(14)16-5)7-11(3,4)13(10)15/h8,15H,6-7H2,1-5H3,(H,12,14). The Bertz CT molecular complexity index is 258. The van der Waals surface area contributed by atoms with Crippen LogP contribution in [0.5, 0.6) is 0 Å². The average Bonchev–Trinajstić information content (AvgIpc) is 2.13. The molecule has 1 saturated heterocycles. The highest BCUT2D eigenvalue weighted by atomic mass is 16.5. The molecule has 0 bridgehead atoms. The van der Waals surface area contributed by atoms with Crippen molar-refractivity contribution in [2.45, 2.75) is 57.7 Å². The van der Waals surface area contributed by atoms with Crippen LogP contribution in [-0.2, 0) is 4.74 Å². The Labute approximate surface area is 96.7 Å². The number of nitrogens with zero attached hydrogens (tertiary/aromatic N) is 1. The third-order valence-corrected chi connectivity index (χ3v) is 3.15. The quantitative estimate of drug-likeness (QED) is 0.720. The Kier molecular flexibility index (Phi) is 3.50. The minimum Gasteiger partial charge on any atom is -0.453 e. The first-order valence-electron chi connectivity index (χ1n) is 5.53. The maximum absolute atomic E-state index is 11.2. The molecule has 5 heteroatoms. The first-order chi connectivity index (χ1) is 7.19. The number of amides is 1. The summed E-state index contributed by atoms with van der Waals surface area (Å²) in [6.45, 7) is 7.83.